The van der Waals surface area contributed by atoms with Gasteiger partial charge >= 0.3 is 0 Å². The quantitative estimate of drug-likeness (QED) is 0.844. The molecule has 0 saturated carbocycles. The third-order valence-electron chi connectivity index (χ3n) is 3.11. The smallest absolute Gasteiger partial charge is 0.242 e. The van der Waals surface area contributed by atoms with Crippen molar-refractivity contribution in [3.05, 3.63) is 51.9 Å². The molecule has 2 rings (SSSR count). The number of furan rings is 1. The van der Waals surface area contributed by atoms with E-state index < -0.39 is 16.1 Å². The van der Waals surface area contributed by atoms with Gasteiger partial charge in [-0.15, -0.1) is 0 Å². The number of halogens is 1. The van der Waals surface area contributed by atoms with Crippen LogP contribution in [-0.4, -0.2) is 8.42 Å². The predicted octanol–water partition coefficient (Wildman–Crippen LogP) is 2.85. The topological polar surface area (TPSA) is 85.3 Å². The Morgan fingerprint density at radius 3 is 2.71 bits per heavy atom. The van der Waals surface area contributed by atoms with Gasteiger partial charge in [-0.25, -0.2) is 13.1 Å². The number of benzene rings is 1. The summed E-state index contributed by atoms with van der Waals surface area (Å²) >= 11 is 3.33. The first-order chi connectivity index (χ1) is 9.85. The van der Waals surface area contributed by atoms with Crippen molar-refractivity contribution in [2.45, 2.75) is 31.3 Å². The van der Waals surface area contributed by atoms with E-state index in [0.29, 0.717) is 10.2 Å². The first kappa shape index (κ1) is 16.2. The standard InChI is InChI=1S/C14H17BrN2O3S/c1-9-6-11(8-16)7-13(14(9)15)21(18,19)17-10(2)12-4-3-5-20-12/h3-7,10,17H,8,16H2,1-2H3. The van der Waals surface area contributed by atoms with Crippen molar-refractivity contribution in [3.63, 3.8) is 0 Å². The maximum atomic E-state index is 12.6. The Kier molecular flexibility index (Phi) is 4.88. The molecule has 0 saturated heterocycles. The second-order valence-corrected chi connectivity index (χ2v) is 7.26. The molecule has 0 aliphatic rings. The Balaban J connectivity index is 2.38. The van der Waals surface area contributed by atoms with Gasteiger partial charge in [0.15, 0.2) is 0 Å². The molecule has 5 nitrogen and oxygen atoms in total. The minimum Gasteiger partial charge on any atom is -0.468 e. The van der Waals surface area contributed by atoms with Crippen LogP contribution in [0.15, 0.2) is 44.3 Å². The van der Waals surface area contributed by atoms with Crippen molar-refractivity contribution >= 4 is 26.0 Å². The first-order valence-corrected chi connectivity index (χ1v) is 8.67. The van der Waals surface area contributed by atoms with E-state index in [1.54, 1.807) is 25.1 Å². The molecule has 1 atom stereocenters. The fourth-order valence-corrected chi connectivity index (χ4v) is 4.29. The lowest BCUT2D eigenvalue weighted by Gasteiger charge is -2.15. The predicted molar refractivity (Wildman–Crippen MR) is 84.2 cm³/mol. The highest BCUT2D eigenvalue weighted by Crippen LogP contribution is 2.28. The molecular formula is C14H17BrN2O3S. The Bertz CT molecular complexity index is 727. The van der Waals surface area contributed by atoms with Gasteiger partial charge in [0, 0.05) is 11.0 Å². The van der Waals surface area contributed by atoms with E-state index in [4.69, 9.17) is 10.2 Å². The molecule has 114 valence electrons. The summed E-state index contributed by atoms with van der Waals surface area (Å²) in [5, 5.41) is 0. The molecular weight excluding hydrogens is 356 g/mol. The van der Waals surface area contributed by atoms with Crippen molar-refractivity contribution in [1.29, 1.82) is 0 Å². The van der Waals surface area contributed by atoms with Crippen molar-refractivity contribution < 1.29 is 12.8 Å². The zero-order chi connectivity index (χ0) is 15.6. The molecule has 1 aromatic heterocycles. The van der Waals surface area contributed by atoms with Gasteiger partial charge in [-0.1, -0.05) is 6.07 Å². The molecule has 1 heterocycles. The molecule has 0 aliphatic carbocycles. The molecule has 21 heavy (non-hydrogen) atoms. The number of rotatable bonds is 5. The number of hydrogen-bond donors (Lipinski definition) is 2. The zero-order valence-electron chi connectivity index (χ0n) is 11.8. The van der Waals surface area contributed by atoms with Crippen molar-refractivity contribution in [2.75, 3.05) is 0 Å². The number of sulfonamides is 1. The number of nitrogens with one attached hydrogen (secondary N) is 1. The fourth-order valence-electron chi connectivity index (χ4n) is 2.01. The summed E-state index contributed by atoms with van der Waals surface area (Å²) in [6.07, 6.45) is 1.51. The van der Waals surface area contributed by atoms with Crippen LogP contribution in [-0.2, 0) is 16.6 Å². The Morgan fingerprint density at radius 2 is 2.14 bits per heavy atom. The third kappa shape index (κ3) is 3.55. The van der Waals surface area contributed by atoms with Gasteiger partial charge in [0.2, 0.25) is 10.0 Å². The molecule has 0 aliphatic heterocycles. The summed E-state index contributed by atoms with van der Waals surface area (Å²) in [5.74, 6) is 0.557. The van der Waals surface area contributed by atoms with Crippen molar-refractivity contribution in [3.8, 4) is 0 Å². The van der Waals surface area contributed by atoms with Crippen LogP contribution in [0, 0.1) is 6.92 Å². The zero-order valence-corrected chi connectivity index (χ0v) is 14.2. The lowest BCUT2D eigenvalue weighted by molar-refractivity contribution is 0.459. The van der Waals surface area contributed by atoms with E-state index >= 15 is 0 Å². The van der Waals surface area contributed by atoms with Gasteiger partial charge in [0.05, 0.1) is 17.2 Å². The van der Waals surface area contributed by atoms with Gasteiger partial charge in [-0.2, -0.15) is 0 Å². The SMILES string of the molecule is Cc1cc(CN)cc(S(=O)(=O)NC(C)c2ccco2)c1Br. The Hall–Kier alpha value is -1.15. The van der Waals surface area contributed by atoms with E-state index in [0.717, 1.165) is 11.1 Å². The molecule has 1 aromatic carbocycles. The van der Waals surface area contributed by atoms with Crippen LogP contribution in [0.4, 0.5) is 0 Å². The third-order valence-corrected chi connectivity index (χ3v) is 5.99. The minimum absolute atomic E-state index is 0.182. The summed E-state index contributed by atoms with van der Waals surface area (Å²) in [6.45, 7) is 3.84. The number of aryl methyl sites for hydroxylation is 1. The van der Waals surface area contributed by atoms with Gasteiger partial charge in [-0.05, 0) is 59.1 Å². The van der Waals surface area contributed by atoms with E-state index in [2.05, 4.69) is 20.7 Å². The van der Waals surface area contributed by atoms with Gasteiger partial charge in [-0.3, -0.25) is 0 Å². The summed E-state index contributed by atoms with van der Waals surface area (Å²) in [6, 6.07) is 6.42. The highest BCUT2D eigenvalue weighted by atomic mass is 79.9. The summed E-state index contributed by atoms with van der Waals surface area (Å²) in [5.41, 5.74) is 7.20. The number of nitrogens with two attached hydrogens (primary N) is 1. The molecule has 0 amide bonds. The minimum atomic E-state index is -3.68. The molecule has 0 spiro atoms. The average molecular weight is 373 g/mol. The van der Waals surface area contributed by atoms with Crippen molar-refractivity contribution in [2.24, 2.45) is 5.73 Å². The number of hydrogen-bond acceptors (Lipinski definition) is 4. The molecule has 0 radical (unpaired) electrons. The fraction of sp³-hybridized carbons (Fsp3) is 0.286. The first-order valence-electron chi connectivity index (χ1n) is 6.40. The van der Waals surface area contributed by atoms with Crippen molar-refractivity contribution in [1.82, 2.24) is 4.72 Å². The lowest BCUT2D eigenvalue weighted by Crippen LogP contribution is -2.27. The second-order valence-electron chi connectivity index (χ2n) is 4.79. The van der Waals surface area contributed by atoms with Gasteiger partial charge < -0.3 is 10.2 Å². The lowest BCUT2D eigenvalue weighted by atomic mass is 10.1. The molecule has 1 unspecified atom stereocenters. The Labute approximate surface area is 132 Å². The van der Waals surface area contributed by atoms with Gasteiger partial charge in [0.25, 0.3) is 0 Å². The molecule has 0 bridgehead atoms. The molecule has 2 aromatic rings. The normalized spacial score (nSPS) is 13.3. The molecule has 0 fully saturated rings. The van der Waals surface area contributed by atoms with E-state index in [1.165, 1.54) is 6.26 Å². The van der Waals surface area contributed by atoms with Gasteiger partial charge in [0.1, 0.15) is 5.76 Å². The second kappa shape index (κ2) is 6.31. The maximum absolute atomic E-state index is 12.6. The molecule has 3 N–H and O–H groups in total. The van der Waals surface area contributed by atoms with Crippen LogP contribution < -0.4 is 10.5 Å². The van der Waals surface area contributed by atoms with Crippen LogP contribution in [0.5, 0.6) is 0 Å². The average Bonchev–Trinajstić information content (AvgIpc) is 2.95. The van der Waals surface area contributed by atoms with Crippen LogP contribution in [0.3, 0.4) is 0 Å². The molecule has 7 heteroatoms. The maximum Gasteiger partial charge on any atom is 0.242 e. The van der Waals surface area contributed by atoms with Crippen LogP contribution >= 0.6 is 15.9 Å². The summed E-state index contributed by atoms with van der Waals surface area (Å²) < 4.78 is 33.5. The highest BCUT2D eigenvalue weighted by molar-refractivity contribution is 9.10. The van der Waals surface area contributed by atoms with E-state index in [-0.39, 0.29) is 11.4 Å². The van der Waals surface area contributed by atoms with E-state index in [1.807, 2.05) is 13.0 Å². The van der Waals surface area contributed by atoms with Crippen LogP contribution in [0.25, 0.3) is 0 Å². The van der Waals surface area contributed by atoms with Crippen LogP contribution in [0.1, 0.15) is 29.9 Å². The van der Waals surface area contributed by atoms with E-state index in [9.17, 15) is 8.42 Å². The van der Waals surface area contributed by atoms with Crippen LogP contribution in [0.2, 0.25) is 0 Å². The Morgan fingerprint density at radius 1 is 1.43 bits per heavy atom. The highest BCUT2D eigenvalue weighted by Gasteiger charge is 2.23. The summed E-state index contributed by atoms with van der Waals surface area (Å²) in [7, 11) is -3.68. The monoisotopic (exact) mass is 372 g/mol. The summed E-state index contributed by atoms with van der Waals surface area (Å²) in [4.78, 5) is 0.182. The largest absolute Gasteiger partial charge is 0.468 e.